The molecule has 1 fully saturated rings. The number of hydrogen-bond donors (Lipinski definition) is 2. The molecular formula is C17H27N3O2. The van der Waals surface area contributed by atoms with E-state index in [2.05, 4.69) is 21.6 Å². The molecule has 1 aliphatic heterocycles. The number of methoxy groups -OCH3 is 1. The highest BCUT2D eigenvalue weighted by Crippen LogP contribution is 2.31. The Morgan fingerprint density at radius 3 is 2.73 bits per heavy atom. The molecule has 0 radical (unpaired) electrons. The van der Waals surface area contributed by atoms with Crippen molar-refractivity contribution in [2.75, 3.05) is 46.2 Å². The van der Waals surface area contributed by atoms with Crippen LogP contribution in [0.3, 0.4) is 0 Å². The smallest absolute Gasteiger partial charge is 0.233 e. The molecule has 122 valence electrons. The zero-order chi connectivity index (χ0) is 16.0. The highest BCUT2D eigenvalue weighted by atomic mass is 16.5. The van der Waals surface area contributed by atoms with Crippen molar-refractivity contribution >= 4 is 11.6 Å². The second kappa shape index (κ2) is 7.72. The van der Waals surface area contributed by atoms with Gasteiger partial charge in [-0.05, 0) is 57.7 Å². The van der Waals surface area contributed by atoms with E-state index in [0.29, 0.717) is 6.61 Å². The zero-order valence-corrected chi connectivity index (χ0v) is 13.8. The van der Waals surface area contributed by atoms with Gasteiger partial charge in [-0.15, -0.1) is 0 Å². The molecule has 0 saturated carbocycles. The molecule has 2 N–H and O–H groups in total. The first-order valence-electron chi connectivity index (χ1n) is 7.80. The van der Waals surface area contributed by atoms with E-state index in [-0.39, 0.29) is 5.91 Å². The molecule has 5 heteroatoms. The van der Waals surface area contributed by atoms with Gasteiger partial charge in [0.15, 0.2) is 0 Å². The van der Waals surface area contributed by atoms with Crippen molar-refractivity contribution in [3.8, 4) is 0 Å². The predicted octanol–water partition coefficient (Wildman–Crippen LogP) is 1.70. The van der Waals surface area contributed by atoms with E-state index < -0.39 is 5.41 Å². The van der Waals surface area contributed by atoms with Crippen molar-refractivity contribution in [3.05, 3.63) is 29.8 Å². The third-order valence-corrected chi connectivity index (χ3v) is 4.15. The van der Waals surface area contributed by atoms with Crippen LogP contribution in [0.15, 0.2) is 24.3 Å². The molecule has 0 aromatic heterocycles. The number of benzene rings is 1. The van der Waals surface area contributed by atoms with Gasteiger partial charge in [0, 0.05) is 19.3 Å². The van der Waals surface area contributed by atoms with Crippen molar-refractivity contribution in [1.82, 2.24) is 10.2 Å². The molecule has 1 aromatic rings. The molecule has 1 heterocycles. The van der Waals surface area contributed by atoms with Crippen LogP contribution in [0.5, 0.6) is 0 Å². The highest BCUT2D eigenvalue weighted by molar-refractivity contribution is 5.95. The Morgan fingerprint density at radius 2 is 2.09 bits per heavy atom. The number of rotatable bonds is 6. The van der Waals surface area contributed by atoms with Crippen LogP contribution in [0.25, 0.3) is 0 Å². The van der Waals surface area contributed by atoms with Gasteiger partial charge in [-0.3, -0.25) is 4.79 Å². The van der Waals surface area contributed by atoms with Crippen molar-refractivity contribution in [2.45, 2.75) is 19.4 Å². The lowest BCUT2D eigenvalue weighted by Crippen LogP contribution is -2.47. The highest BCUT2D eigenvalue weighted by Gasteiger charge is 2.39. The molecular weight excluding hydrogens is 278 g/mol. The molecule has 0 unspecified atom stereocenters. The summed E-state index contributed by atoms with van der Waals surface area (Å²) in [5.41, 5.74) is 1.63. The number of anilines is 1. The fraction of sp³-hybridized carbons (Fsp3) is 0.588. The van der Waals surface area contributed by atoms with E-state index in [0.717, 1.165) is 38.2 Å². The molecule has 2 rings (SSSR count). The summed E-state index contributed by atoms with van der Waals surface area (Å²) in [6.07, 6.45) is 1.62. The maximum atomic E-state index is 12.8. The normalized spacial score (nSPS) is 17.5. The van der Waals surface area contributed by atoms with Crippen LogP contribution in [0.4, 0.5) is 5.69 Å². The molecule has 0 atom stereocenters. The summed E-state index contributed by atoms with van der Waals surface area (Å²) < 4.78 is 5.32. The van der Waals surface area contributed by atoms with Crippen molar-refractivity contribution in [3.63, 3.8) is 0 Å². The lowest BCUT2D eigenvalue weighted by atomic mass is 9.78. The Morgan fingerprint density at radius 1 is 1.36 bits per heavy atom. The van der Waals surface area contributed by atoms with Gasteiger partial charge in [-0.2, -0.15) is 0 Å². The predicted molar refractivity (Wildman–Crippen MR) is 88.9 cm³/mol. The summed E-state index contributed by atoms with van der Waals surface area (Å²) in [5.74, 6) is 0.0675. The molecule has 0 aliphatic carbocycles. The fourth-order valence-corrected chi connectivity index (χ4v) is 2.99. The van der Waals surface area contributed by atoms with Gasteiger partial charge in [-0.1, -0.05) is 12.1 Å². The van der Waals surface area contributed by atoms with Crippen LogP contribution in [-0.4, -0.2) is 51.7 Å². The summed E-state index contributed by atoms with van der Waals surface area (Å²) in [5, 5.41) is 6.39. The number of nitrogens with one attached hydrogen (secondary N) is 2. The van der Waals surface area contributed by atoms with E-state index >= 15 is 0 Å². The largest absolute Gasteiger partial charge is 0.384 e. The molecule has 5 nitrogen and oxygen atoms in total. The Kier molecular flexibility index (Phi) is 5.94. The van der Waals surface area contributed by atoms with Gasteiger partial charge in [0.25, 0.3) is 0 Å². The van der Waals surface area contributed by atoms with Crippen LogP contribution in [0.2, 0.25) is 0 Å². The maximum absolute atomic E-state index is 12.8. The Balaban J connectivity index is 2.09. The number of carbonyl (C=O) groups is 1. The number of piperidine rings is 1. The number of amides is 1. The fourth-order valence-electron chi connectivity index (χ4n) is 2.99. The van der Waals surface area contributed by atoms with E-state index in [9.17, 15) is 4.79 Å². The first-order valence-corrected chi connectivity index (χ1v) is 7.80. The van der Waals surface area contributed by atoms with Gasteiger partial charge >= 0.3 is 0 Å². The number of nitrogens with zero attached hydrogens (tertiary/aromatic N) is 1. The maximum Gasteiger partial charge on any atom is 0.233 e. The van der Waals surface area contributed by atoms with Crippen LogP contribution in [-0.2, 0) is 16.1 Å². The molecule has 0 bridgehead atoms. The van der Waals surface area contributed by atoms with Gasteiger partial charge in [0.05, 0.1) is 12.0 Å². The number of carbonyl (C=O) groups excluding carboxylic acids is 1. The molecule has 1 aliphatic rings. The summed E-state index contributed by atoms with van der Waals surface area (Å²) >= 11 is 0. The van der Waals surface area contributed by atoms with Crippen LogP contribution >= 0.6 is 0 Å². The van der Waals surface area contributed by atoms with Crippen molar-refractivity contribution in [1.29, 1.82) is 0 Å². The van der Waals surface area contributed by atoms with Crippen molar-refractivity contribution in [2.24, 2.45) is 5.41 Å². The number of ether oxygens (including phenoxy) is 1. The quantitative estimate of drug-likeness (QED) is 0.840. The average molecular weight is 305 g/mol. The van der Waals surface area contributed by atoms with Gasteiger partial charge < -0.3 is 20.3 Å². The van der Waals surface area contributed by atoms with E-state index in [1.165, 1.54) is 5.56 Å². The Labute approximate surface area is 133 Å². The minimum atomic E-state index is -0.419. The Bertz CT molecular complexity index is 491. The second-order valence-electron chi connectivity index (χ2n) is 6.36. The minimum Gasteiger partial charge on any atom is -0.384 e. The van der Waals surface area contributed by atoms with Gasteiger partial charge in [0.1, 0.15) is 0 Å². The van der Waals surface area contributed by atoms with E-state index in [1.807, 2.05) is 32.3 Å². The summed E-state index contributed by atoms with van der Waals surface area (Å²) in [6.45, 7) is 3.05. The summed E-state index contributed by atoms with van der Waals surface area (Å²) in [7, 11) is 5.73. The lowest BCUT2D eigenvalue weighted by Gasteiger charge is -2.35. The lowest BCUT2D eigenvalue weighted by molar-refractivity contribution is -0.130. The first kappa shape index (κ1) is 16.9. The Hall–Kier alpha value is -1.43. The SMILES string of the molecule is COCC1(C(=O)Nc2cccc(CN(C)C)c2)CCNCC1. The van der Waals surface area contributed by atoms with Crippen LogP contribution in [0, 0.1) is 5.41 Å². The van der Waals surface area contributed by atoms with Crippen LogP contribution in [0.1, 0.15) is 18.4 Å². The van der Waals surface area contributed by atoms with Gasteiger partial charge in [-0.25, -0.2) is 0 Å². The third kappa shape index (κ3) is 4.29. The third-order valence-electron chi connectivity index (χ3n) is 4.15. The average Bonchev–Trinajstić information content (AvgIpc) is 2.48. The van der Waals surface area contributed by atoms with E-state index in [1.54, 1.807) is 7.11 Å². The molecule has 1 aromatic carbocycles. The standard InChI is InChI=1S/C17H27N3O2/c1-20(2)12-14-5-4-6-15(11-14)19-16(21)17(13-22-3)7-9-18-10-8-17/h4-6,11,18H,7-10,12-13H2,1-3H3,(H,19,21). The van der Waals surface area contributed by atoms with Gasteiger partial charge in [0.2, 0.25) is 5.91 Å². The summed E-state index contributed by atoms with van der Waals surface area (Å²) in [6, 6.07) is 8.04. The van der Waals surface area contributed by atoms with Crippen LogP contribution < -0.4 is 10.6 Å². The molecule has 22 heavy (non-hydrogen) atoms. The second-order valence-corrected chi connectivity index (χ2v) is 6.36. The summed E-state index contributed by atoms with van der Waals surface area (Å²) in [4.78, 5) is 14.9. The molecule has 1 amide bonds. The molecule has 0 spiro atoms. The molecule has 1 saturated heterocycles. The topological polar surface area (TPSA) is 53.6 Å². The zero-order valence-electron chi connectivity index (χ0n) is 13.8. The monoisotopic (exact) mass is 305 g/mol. The number of hydrogen-bond acceptors (Lipinski definition) is 4. The minimum absolute atomic E-state index is 0.0675. The first-order chi connectivity index (χ1) is 10.6. The van der Waals surface area contributed by atoms with E-state index in [4.69, 9.17) is 4.74 Å². The van der Waals surface area contributed by atoms with Crippen molar-refractivity contribution < 1.29 is 9.53 Å².